The predicted molar refractivity (Wildman–Crippen MR) is 140 cm³/mol. The van der Waals surface area contributed by atoms with E-state index in [-0.39, 0.29) is 16.7 Å². The van der Waals surface area contributed by atoms with Gasteiger partial charge in [0.15, 0.2) is 0 Å². The third-order valence-electron chi connectivity index (χ3n) is 6.22. The highest BCUT2D eigenvalue weighted by molar-refractivity contribution is 6.46. The van der Waals surface area contributed by atoms with Crippen LogP contribution in [0, 0.1) is 0 Å². The molecule has 0 spiro atoms. The highest BCUT2D eigenvalue weighted by atomic mass is 16.5. The molecule has 1 unspecified atom stereocenters. The quantitative estimate of drug-likeness (QED) is 0.307. The molecule has 1 fully saturated rings. The molecule has 1 N–H and O–H groups in total. The number of rotatable bonds is 9. The molecule has 2 aromatic rings. The van der Waals surface area contributed by atoms with Crippen LogP contribution >= 0.6 is 0 Å². The summed E-state index contributed by atoms with van der Waals surface area (Å²) in [5.41, 5.74) is 2.52. The second-order valence-electron chi connectivity index (χ2n) is 10.4. The van der Waals surface area contributed by atoms with Crippen LogP contribution in [0.1, 0.15) is 63.3 Å². The van der Waals surface area contributed by atoms with Gasteiger partial charge in [-0.05, 0) is 62.2 Å². The van der Waals surface area contributed by atoms with E-state index in [1.807, 2.05) is 56.3 Å². The number of ether oxygens (including phenoxy) is 1. The summed E-state index contributed by atoms with van der Waals surface area (Å²) in [6, 6.07) is 14.4. The minimum atomic E-state index is -0.655. The number of hydrogen-bond donors (Lipinski definition) is 1. The van der Waals surface area contributed by atoms with Crippen LogP contribution in [-0.4, -0.2) is 60.4 Å². The Hall–Kier alpha value is -3.12. The van der Waals surface area contributed by atoms with E-state index in [4.69, 9.17) is 4.74 Å². The van der Waals surface area contributed by atoms with E-state index < -0.39 is 17.7 Å². The molecule has 3 rings (SSSR count). The molecule has 1 saturated heterocycles. The number of aliphatic hydroxyl groups excluding tert-OH is 1. The minimum Gasteiger partial charge on any atom is -0.507 e. The maximum Gasteiger partial charge on any atom is 0.295 e. The summed E-state index contributed by atoms with van der Waals surface area (Å²) in [5.74, 6) is -0.793. The Morgan fingerprint density at radius 3 is 2.37 bits per heavy atom. The number of hydrogen-bond acceptors (Lipinski definition) is 5. The van der Waals surface area contributed by atoms with Crippen molar-refractivity contribution in [2.75, 3.05) is 33.8 Å². The van der Waals surface area contributed by atoms with E-state index in [9.17, 15) is 14.7 Å². The molecule has 0 aliphatic carbocycles. The Labute approximate surface area is 209 Å². The molecule has 2 aromatic carbocycles. The lowest BCUT2D eigenvalue weighted by molar-refractivity contribution is -0.139. The highest BCUT2D eigenvalue weighted by Gasteiger charge is 2.45. The van der Waals surface area contributed by atoms with Crippen molar-refractivity contribution in [1.29, 1.82) is 0 Å². The van der Waals surface area contributed by atoms with Crippen LogP contribution < -0.4 is 4.74 Å². The number of Topliss-reactive ketones (excluding diaryl/α,β-unsaturated/α-hetero) is 1. The van der Waals surface area contributed by atoms with Crippen molar-refractivity contribution in [3.63, 3.8) is 0 Å². The van der Waals surface area contributed by atoms with Crippen molar-refractivity contribution in [1.82, 2.24) is 9.80 Å². The van der Waals surface area contributed by atoms with Crippen molar-refractivity contribution in [2.45, 2.75) is 52.0 Å². The van der Waals surface area contributed by atoms with Gasteiger partial charge >= 0.3 is 0 Å². The van der Waals surface area contributed by atoms with Gasteiger partial charge in [0.1, 0.15) is 11.5 Å². The van der Waals surface area contributed by atoms with Crippen LogP contribution in [0.3, 0.4) is 0 Å². The topological polar surface area (TPSA) is 70.1 Å². The summed E-state index contributed by atoms with van der Waals surface area (Å²) in [4.78, 5) is 30.0. The number of likely N-dealkylation sites (tertiary alicyclic amines) is 1. The van der Waals surface area contributed by atoms with Crippen LogP contribution in [0.2, 0.25) is 0 Å². The second-order valence-corrected chi connectivity index (χ2v) is 10.4. The summed E-state index contributed by atoms with van der Waals surface area (Å²) in [6.45, 7) is 10.2. The first-order valence-corrected chi connectivity index (χ1v) is 12.3. The van der Waals surface area contributed by atoms with Crippen LogP contribution in [0.5, 0.6) is 5.75 Å². The zero-order valence-corrected chi connectivity index (χ0v) is 21.8. The van der Waals surface area contributed by atoms with Crippen LogP contribution in [-0.2, 0) is 15.0 Å². The lowest BCUT2D eigenvalue weighted by Crippen LogP contribution is -2.32. The first-order valence-electron chi connectivity index (χ1n) is 12.3. The fourth-order valence-corrected chi connectivity index (χ4v) is 4.29. The number of amides is 1. The fraction of sp³-hybridized carbons (Fsp3) is 0.448. The zero-order valence-electron chi connectivity index (χ0n) is 21.8. The Balaban J connectivity index is 2.08. The summed E-state index contributed by atoms with van der Waals surface area (Å²) < 4.78 is 5.71. The molecule has 0 radical (unpaired) electrons. The molecule has 0 bridgehead atoms. The first-order chi connectivity index (χ1) is 16.5. The molecule has 1 aliphatic rings. The number of benzene rings is 2. The van der Waals surface area contributed by atoms with E-state index >= 15 is 0 Å². The van der Waals surface area contributed by atoms with Gasteiger partial charge < -0.3 is 19.6 Å². The lowest BCUT2D eigenvalue weighted by atomic mass is 9.85. The number of nitrogens with zero attached hydrogens (tertiary/aromatic N) is 2. The predicted octanol–water partition coefficient (Wildman–Crippen LogP) is 5.15. The van der Waals surface area contributed by atoms with E-state index in [0.29, 0.717) is 24.5 Å². The largest absolute Gasteiger partial charge is 0.507 e. The monoisotopic (exact) mass is 478 g/mol. The molecule has 0 aromatic heterocycles. The molecular weight excluding hydrogens is 440 g/mol. The molecule has 1 amide bonds. The standard InChI is InChI=1S/C29H38N2O4/c1-7-18-35-23-11-8-10-21(19-23)26(32)24-25(20-12-14-22(15-13-20)29(2,3)4)31(28(34)27(24)33)17-9-16-30(5)6/h8,10-15,19,25,32H,7,9,16-18H2,1-6H3/b26-24+. The lowest BCUT2D eigenvalue weighted by Gasteiger charge is -2.27. The molecule has 0 saturated carbocycles. The van der Waals surface area contributed by atoms with Gasteiger partial charge in [-0.2, -0.15) is 0 Å². The van der Waals surface area contributed by atoms with Gasteiger partial charge in [0.2, 0.25) is 0 Å². The van der Waals surface area contributed by atoms with E-state index in [1.165, 1.54) is 0 Å². The van der Waals surface area contributed by atoms with E-state index in [0.717, 1.165) is 30.5 Å². The smallest absolute Gasteiger partial charge is 0.295 e. The van der Waals surface area contributed by atoms with Crippen LogP contribution in [0.15, 0.2) is 54.1 Å². The third-order valence-corrected chi connectivity index (χ3v) is 6.22. The van der Waals surface area contributed by atoms with Crippen molar-refractivity contribution >= 4 is 17.4 Å². The second kappa shape index (κ2) is 11.1. The normalized spacial score (nSPS) is 17.9. The molecule has 6 heteroatoms. The molecular formula is C29H38N2O4. The Kier molecular flexibility index (Phi) is 8.39. The summed E-state index contributed by atoms with van der Waals surface area (Å²) >= 11 is 0. The van der Waals surface area contributed by atoms with Gasteiger partial charge in [-0.15, -0.1) is 0 Å². The summed E-state index contributed by atoms with van der Waals surface area (Å²) in [5, 5.41) is 11.3. The van der Waals surface area contributed by atoms with Gasteiger partial charge in [-0.3, -0.25) is 9.59 Å². The number of carbonyl (C=O) groups excluding carboxylic acids is 2. The molecule has 1 heterocycles. The first kappa shape index (κ1) is 26.5. The number of carbonyl (C=O) groups is 2. The van der Waals surface area contributed by atoms with Crippen molar-refractivity contribution in [2.24, 2.45) is 0 Å². The van der Waals surface area contributed by atoms with Crippen molar-refractivity contribution in [3.05, 3.63) is 70.8 Å². The average Bonchev–Trinajstić information content (AvgIpc) is 3.07. The summed E-state index contributed by atoms with van der Waals surface area (Å²) in [6.07, 6.45) is 1.58. The zero-order chi connectivity index (χ0) is 25.8. The van der Waals surface area contributed by atoms with Crippen LogP contribution in [0.4, 0.5) is 0 Å². The Morgan fingerprint density at radius 1 is 1.09 bits per heavy atom. The molecule has 35 heavy (non-hydrogen) atoms. The average molecular weight is 479 g/mol. The minimum absolute atomic E-state index is 0.0228. The van der Waals surface area contributed by atoms with Gasteiger partial charge in [-0.25, -0.2) is 0 Å². The van der Waals surface area contributed by atoms with E-state index in [1.54, 1.807) is 23.1 Å². The summed E-state index contributed by atoms with van der Waals surface area (Å²) in [7, 11) is 3.95. The molecule has 1 aliphatic heterocycles. The number of aliphatic hydroxyl groups is 1. The van der Waals surface area contributed by atoms with Crippen LogP contribution in [0.25, 0.3) is 5.76 Å². The van der Waals surface area contributed by atoms with Gasteiger partial charge in [0.25, 0.3) is 11.7 Å². The number of ketones is 1. The maximum atomic E-state index is 13.2. The third kappa shape index (κ3) is 6.12. The molecule has 1 atom stereocenters. The van der Waals surface area contributed by atoms with Gasteiger partial charge in [-0.1, -0.05) is 64.1 Å². The Bertz CT molecular complexity index is 1080. The highest BCUT2D eigenvalue weighted by Crippen LogP contribution is 2.40. The van der Waals surface area contributed by atoms with Gasteiger partial charge in [0, 0.05) is 12.1 Å². The molecule has 188 valence electrons. The molecule has 6 nitrogen and oxygen atoms in total. The Morgan fingerprint density at radius 2 is 1.77 bits per heavy atom. The van der Waals surface area contributed by atoms with Gasteiger partial charge in [0.05, 0.1) is 18.2 Å². The van der Waals surface area contributed by atoms with E-state index in [2.05, 4.69) is 20.8 Å². The SMILES string of the molecule is CCCOc1cccc(/C(O)=C2\C(=O)C(=O)N(CCCN(C)C)C2c2ccc(C(C)(C)C)cc2)c1. The van der Waals surface area contributed by atoms with Crippen molar-refractivity contribution < 1.29 is 19.4 Å². The maximum absolute atomic E-state index is 13.2. The fourth-order valence-electron chi connectivity index (χ4n) is 4.29. The van der Waals surface area contributed by atoms with Crippen molar-refractivity contribution in [3.8, 4) is 5.75 Å².